The minimum absolute atomic E-state index is 0.0234. The number of esters is 1. The quantitative estimate of drug-likeness (QED) is 0.500. The van der Waals surface area contributed by atoms with E-state index in [1.165, 1.54) is 23.9 Å². The molecule has 0 aliphatic carbocycles. The highest BCUT2D eigenvalue weighted by Crippen LogP contribution is 2.27. The van der Waals surface area contributed by atoms with Crippen molar-refractivity contribution in [2.45, 2.75) is 30.4 Å². The first kappa shape index (κ1) is 13.8. The summed E-state index contributed by atoms with van der Waals surface area (Å²) in [7, 11) is 0. The Hall–Kier alpha value is -1.23. The molecular formula is C12H16FNO2S. The van der Waals surface area contributed by atoms with Gasteiger partial charge in [-0.05, 0) is 25.1 Å². The molecule has 0 spiro atoms. The van der Waals surface area contributed by atoms with Crippen molar-refractivity contribution in [1.29, 1.82) is 0 Å². The van der Waals surface area contributed by atoms with Crippen molar-refractivity contribution in [2.24, 2.45) is 0 Å². The minimum atomic E-state index is -0.365. The SMILES string of the molecule is CCOC(=O)CC(C)Sc1cc(N)cc(F)c1. The molecule has 0 aliphatic heterocycles. The normalized spacial score (nSPS) is 12.2. The molecule has 0 saturated heterocycles. The lowest BCUT2D eigenvalue weighted by Crippen LogP contribution is -2.10. The topological polar surface area (TPSA) is 52.3 Å². The monoisotopic (exact) mass is 257 g/mol. The Morgan fingerprint density at radius 2 is 2.24 bits per heavy atom. The van der Waals surface area contributed by atoms with Crippen LogP contribution in [0.25, 0.3) is 0 Å². The number of ether oxygens (including phenoxy) is 1. The van der Waals surface area contributed by atoms with Gasteiger partial charge in [0.15, 0.2) is 0 Å². The van der Waals surface area contributed by atoms with Crippen LogP contribution in [0, 0.1) is 5.82 Å². The summed E-state index contributed by atoms with van der Waals surface area (Å²) in [5, 5.41) is 0.0234. The Balaban J connectivity index is 2.55. The summed E-state index contributed by atoms with van der Waals surface area (Å²) in [4.78, 5) is 12.0. The molecule has 0 aliphatic rings. The van der Waals surface area contributed by atoms with Crippen LogP contribution >= 0.6 is 11.8 Å². The zero-order valence-electron chi connectivity index (χ0n) is 9.90. The summed E-state index contributed by atoms with van der Waals surface area (Å²) in [6.07, 6.45) is 0.301. The maximum atomic E-state index is 13.1. The van der Waals surface area contributed by atoms with Crippen molar-refractivity contribution in [3.8, 4) is 0 Å². The first-order chi connectivity index (χ1) is 8.01. The van der Waals surface area contributed by atoms with Gasteiger partial charge in [0.25, 0.3) is 0 Å². The van der Waals surface area contributed by atoms with E-state index in [0.29, 0.717) is 18.7 Å². The van der Waals surface area contributed by atoms with Crippen LogP contribution in [0.3, 0.4) is 0 Å². The van der Waals surface area contributed by atoms with Crippen LogP contribution in [0.15, 0.2) is 23.1 Å². The number of carbonyl (C=O) groups excluding carboxylic acids is 1. The Labute approximate surface area is 105 Å². The van der Waals surface area contributed by atoms with Crippen molar-refractivity contribution < 1.29 is 13.9 Å². The highest BCUT2D eigenvalue weighted by molar-refractivity contribution is 8.00. The van der Waals surface area contributed by atoms with Crippen LogP contribution < -0.4 is 5.73 Å². The maximum absolute atomic E-state index is 13.1. The zero-order valence-corrected chi connectivity index (χ0v) is 10.7. The number of halogens is 1. The van der Waals surface area contributed by atoms with E-state index in [2.05, 4.69) is 0 Å². The average Bonchev–Trinajstić information content (AvgIpc) is 2.14. The third kappa shape index (κ3) is 5.08. The Morgan fingerprint density at radius 1 is 1.53 bits per heavy atom. The molecule has 5 heteroatoms. The first-order valence-corrected chi connectivity index (χ1v) is 6.27. The van der Waals surface area contributed by atoms with Crippen molar-refractivity contribution in [2.75, 3.05) is 12.3 Å². The van der Waals surface area contributed by atoms with Crippen LogP contribution in [0.5, 0.6) is 0 Å². The number of carbonyl (C=O) groups is 1. The number of hydrogen-bond donors (Lipinski definition) is 1. The zero-order chi connectivity index (χ0) is 12.8. The fourth-order valence-corrected chi connectivity index (χ4v) is 2.45. The molecule has 0 radical (unpaired) electrons. The van der Waals surface area contributed by atoms with Crippen LogP contribution in [0.2, 0.25) is 0 Å². The Morgan fingerprint density at radius 3 is 2.82 bits per heavy atom. The van der Waals surface area contributed by atoms with Gasteiger partial charge in [0.05, 0.1) is 13.0 Å². The molecule has 17 heavy (non-hydrogen) atoms. The standard InChI is InChI=1S/C12H16FNO2S/c1-3-16-12(15)4-8(2)17-11-6-9(13)5-10(14)7-11/h5-8H,3-4,14H2,1-2H3. The second kappa shape index (κ2) is 6.49. The molecule has 2 N–H and O–H groups in total. The molecule has 1 rings (SSSR count). The summed E-state index contributed by atoms with van der Waals surface area (Å²) in [5.74, 6) is -0.604. The maximum Gasteiger partial charge on any atom is 0.306 e. The predicted octanol–water partition coefficient (Wildman–Crippen LogP) is 2.84. The molecule has 0 fully saturated rings. The number of nitrogens with two attached hydrogens (primary N) is 1. The van der Waals surface area contributed by atoms with Gasteiger partial charge in [0.2, 0.25) is 0 Å². The first-order valence-electron chi connectivity index (χ1n) is 5.39. The lowest BCUT2D eigenvalue weighted by atomic mass is 10.3. The highest BCUT2D eigenvalue weighted by atomic mass is 32.2. The van der Waals surface area contributed by atoms with E-state index in [4.69, 9.17) is 10.5 Å². The van der Waals surface area contributed by atoms with Gasteiger partial charge in [-0.3, -0.25) is 4.79 Å². The smallest absolute Gasteiger partial charge is 0.306 e. The highest BCUT2D eigenvalue weighted by Gasteiger charge is 2.12. The predicted molar refractivity (Wildman–Crippen MR) is 67.4 cm³/mol. The van der Waals surface area contributed by atoms with Crippen molar-refractivity contribution in [1.82, 2.24) is 0 Å². The Bertz CT molecular complexity index is 378. The molecule has 3 nitrogen and oxygen atoms in total. The number of rotatable bonds is 5. The summed E-state index contributed by atoms with van der Waals surface area (Å²) >= 11 is 1.41. The van der Waals surface area contributed by atoms with E-state index in [0.717, 1.165) is 4.90 Å². The van der Waals surface area contributed by atoms with E-state index in [1.807, 2.05) is 6.92 Å². The summed E-state index contributed by atoms with van der Waals surface area (Å²) in [6, 6.07) is 4.36. The molecule has 1 unspecified atom stereocenters. The Kier molecular flexibility index (Phi) is 5.28. The molecule has 0 saturated carbocycles. The number of thioether (sulfide) groups is 1. The van der Waals surface area contributed by atoms with E-state index in [-0.39, 0.29) is 17.0 Å². The molecule has 0 aromatic heterocycles. The fraction of sp³-hybridized carbons (Fsp3) is 0.417. The number of anilines is 1. The second-order valence-corrected chi connectivity index (χ2v) is 5.17. The fourth-order valence-electron chi connectivity index (χ4n) is 1.38. The molecular weight excluding hydrogens is 241 g/mol. The number of hydrogen-bond acceptors (Lipinski definition) is 4. The lowest BCUT2D eigenvalue weighted by molar-refractivity contribution is -0.142. The van der Waals surface area contributed by atoms with Gasteiger partial charge >= 0.3 is 5.97 Å². The number of nitrogen functional groups attached to an aromatic ring is 1. The van der Waals surface area contributed by atoms with Crippen LogP contribution in [-0.4, -0.2) is 17.8 Å². The van der Waals surface area contributed by atoms with Gasteiger partial charge in [-0.2, -0.15) is 0 Å². The molecule has 0 amide bonds. The summed E-state index contributed by atoms with van der Waals surface area (Å²) < 4.78 is 17.9. The second-order valence-electron chi connectivity index (χ2n) is 3.66. The molecule has 0 bridgehead atoms. The van der Waals surface area contributed by atoms with Crippen molar-refractivity contribution in [3.63, 3.8) is 0 Å². The van der Waals surface area contributed by atoms with Gasteiger partial charge in [0, 0.05) is 15.8 Å². The van der Waals surface area contributed by atoms with Gasteiger partial charge in [-0.25, -0.2) is 4.39 Å². The average molecular weight is 257 g/mol. The van der Waals surface area contributed by atoms with Gasteiger partial charge in [-0.1, -0.05) is 6.92 Å². The molecule has 1 aromatic rings. The summed E-state index contributed by atoms with van der Waals surface area (Å²) in [6.45, 7) is 4.04. The number of benzene rings is 1. The van der Waals surface area contributed by atoms with E-state index in [1.54, 1.807) is 13.0 Å². The third-order valence-corrected chi connectivity index (χ3v) is 3.07. The van der Waals surface area contributed by atoms with E-state index in [9.17, 15) is 9.18 Å². The lowest BCUT2D eigenvalue weighted by Gasteiger charge is -2.10. The van der Waals surface area contributed by atoms with E-state index >= 15 is 0 Å². The van der Waals surface area contributed by atoms with E-state index < -0.39 is 0 Å². The molecule has 94 valence electrons. The molecule has 1 aromatic carbocycles. The molecule has 0 heterocycles. The van der Waals surface area contributed by atoms with Crippen LogP contribution in [0.4, 0.5) is 10.1 Å². The van der Waals surface area contributed by atoms with Crippen LogP contribution in [0.1, 0.15) is 20.3 Å². The van der Waals surface area contributed by atoms with Crippen LogP contribution in [-0.2, 0) is 9.53 Å². The molecule has 1 atom stereocenters. The minimum Gasteiger partial charge on any atom is -0.466 e. The van der Waals surface area contributed by atoms with Crippen molar-refractivity contribution >= 4 is 23.4 Å². The van der Waals surface area contributed by atoms with Gasteiger partial charge < -0.3 is 10.5 Å². The third-order valence-electron chi connectivity index (χ3n) is 1.99. The van der Waals surface area contributed by atoms with Crippen molar-refractivity contribution in [3.05, 3.63) is 24.0 Å². The summed E-state index contributed by atoms with van der Waals surface area (Å²) in [5.41, 5.74) is 5.92. The van der Waals surface area contributed by atoms with Gasteiger partial charge in [-0.15, -0.1) is 11.8 Å². The largest absolute Gasteiger partial charge is 0.466 e. The van der Waals surface area contributed by atoms with Gasteiger partial charge in [0.1, 0.15) is 5.82 Å².